The van der Waals surface area contributed by atoms with Crippen LogP contribution in [0.4, 0.5) is 10.1 Å². The van der Waals surface area contributed by atoms with Gasteiger partial charge in [-0.05, 0) is 43.3 Å². The Morgan fingerprint density at radius 2 is 1.96 bits per heavy atom. The third kappa shape index (κ3) is 3.97. The highest BCUT2D eigenvalue weighted by Crippen LogP contribution is 2.24. The lowest BCUT2D eigenvalue weighted by atomic mass is 10.2. The number of benzene rings is 2. The maximum atomic E-state index is 13.0. The molecule has 0 fully saturated rings. The van der Waals surface area contributed by atoms with Crippen LogP contribution in [0.5, 0.6) is 5.75 Å². The first-order valence-electron chi connectivity index (χ1n) is 7.39. The van der Waals surface area contributed by atoms with Gasteiger partial charge in [-0.25, -0.2) is 9.18 Å². The minimum Gasteiger partial charge on any atom is -0.481 e. The summed E-state index contributed by atoms with van der Waals surface area (Å²) in [5.41, 5.74) is 0.175. The van der Waals surface area contributed by atoms with Gasteiger partial charge in [-0.1, -0.05) is 11.6 Å². The molecule has 2 aromatic carbocycles. The second kappa shape index (κ2) is 6.94. The molecule has 0 aliphatic carbocycles. The Hall–Kier alpha value is -2.86. The summed E-state index contributed by atoms with van der Waals surface area (Å²) < 4.78 is 23.7. The van der Waals surface area contributed by atoms with Crippen molar-refractivity contribution in [2.75, 3.05) is 5.32 Å². The molecule has 0 aliphatic rings. The smallest absolute Gasteiger partial charge is 0.336 e. The first-order valence-corrected chi connectivity index (χ1v) is 7.77. The van der Waals surface area contributed by atoms with Crippen molar-refractivity contribution in [3.63, 3.8) is 0 Å². The molecule has 0 spiro atoms. The predicted molar refractivity (Wildman–Crippen MR) is 92.6 cm³/mol. The average molecular weight is 362 g/mol. The molecule has 7 heteroatoms. The van der Waals surface area contributed by atoms with Crippen molar-refractivity contribution in [2.24, 2.45) is 0 Å². The number of anilines is 1. The number of carbonyl (C=O) groups excluding carboxylic acids is 1. The fraction of sp³-hybridized carbons (Fsp3) is 0.111. The van der Waals surface area contributed by atoms with Crippen LogP contribution in [0.3, 0.4) is 0 Å². The summed E-state index contributed by atoms with van der Waals surface area (Å²) in [6.45, 7) is 1.55. The van der Waals surface area contributed by atoms with Gasteiger partial charge in [-0.3, -0.25) is 4.79 Å². The molecular weight excluding hydrogens is 349 g/mol. The molecular formula is C18H13ClFNO4. The maximum absolute atomic E-state index is 13.0. The summed E-state index contributed by atoms with van der Waals surface area (Å²) in [5, 5.41) is 3.40. The van der Waals surface area contributed by atoms with E-state index in [1.165, 1.54) is 24.3 Å². The first kappa shape index (κ1) is 17.0. The second-order valence-electron chi connectivity index (χ2n) is 5.33. The molecule has 3 aromatic rings. The van der Waals surface area contributed by atoms with E-state index < -0.39 is 23.5 Å². The number of fused-ring (bicyclic) bond motifs is 1. The summed E-state index contributed by atoms with van der Waals surface area (Å²) >= 11 is 5.88. The van der Waals surface area contributed by atoms with Crippen LogP contribution in [0.2, 0.25) is 5.02 Å². The molecule has 3 rings (SSSR count). The average Bonchev–Trinajstić information content (AvgIpc) is 2.57. The molecule has 0 aliphatic heterocycles. The van der Waals surface area contributed by atoms with Crippen LogP contribution in [-0.4, -0.2) is 12.0 Å². The van der Waals surface area contributed by atoms with Gasteiger partial charge in [0.25, 0.3) is 5.91 Å². The van der Waals surface area contributed by atoms with E-state index in [1.807, 2.05) is 0 Å². The molecule has 0 saturated heterocycles. The van der Waals surface area contributed by atoms with Crippen LogP contribution in [0.15, 0.2) is 57.7 Å². The van der Waals surface area contributed by atoms with Gasteiger partial charge in [0.2, 0.25) is 0 Å². The van der Waals surface area contributed by atoms with Gasteiger partial charge in [0.15, 0.2) is 6.10 Å². The Morgan fingerprint density at radius 1 is 1.20 bits per heavy atom. The normalized spacial score (nSPS) is 12.0. The van der Waals surface area contributed by atoms with Crippen molar-refractivity contribution < 1.29 is 18.3 Å². The second-order valence-corrected chi connectivity index (χ2v) is 5.73. The molecule has 0 radical (unpaired) electrons. The number of carbonyl (C=O) groups is 1. The molecule has 0 unspecified atom stereocenters. The standard InChI is InChI=1S/C18H13ClFNO4/c1-10(18(23)21-15-6-4-12(20)8-14(15)19)24-13-5-2-11-3-7-17(22)25-16(11)9-13/h2-10H,1H3,(H,21,23)/t10-/m1/s1. The third-order valence-corrected chi connectivity index (χ3v) is 3.78. The summed E-state index contributed by atoms with van der Waals surface area (Å²) in [5.74, 6) is -0.581. The van der Waals surface area contributed by atoms with Gasteiger partial charge >= 0.3 is 5.63 Å². The summed E-state index contributed by atoms with van der Waals surface area (Å²) in [6.07, 6.45) is -0.853. The van der Waals surface area contributed by atoms with Crippen molar-refractivity contribution in [1.82, 2.24) is 0 Å². The Labute approximate surface area is 147 Å². The maximum Gasteiger partial charge on any atom is 0.336 e. The number of hydrogen-bond acceptors (Lipinski definition) is 4. The van der Waals surface area contributed by atoms with E-state index in [0.717, 1.165) is 11.5 Å². The molecule has 5 nitrogen and oxygen atoms in total. The SMILES string of the molecule is C[C@@H](Oc1ccc2ccc(=O)oc2c1)C(=O)Nc1ccc(F)cc1Cl. The van der Waals surface area contributed by atoms with Crippen molar-refractivity contribution >= 4 is 34.2 Å². The van der Waals surface area contributed by atoms with Crippen LogP contribution in [0.25, 0.3) is 11.0 Å². The Morgan fingerprint density at radius 3 is 2.72 bits per heavy atom. The van der Waals surface area contributed by atoms with E-state index in [1.54, 1.807) is 25.1 Å². The first-order chi connectivity index (χ1) is 11.9. The topological polar surface area (TPSA) is 68.5 Å². The number of amides is 1. The largest absolute Gasteiger partial charge is 0.481 e. The fourth-order valence-corrected chi connectivity index (χ4v) is 2.41. The Balaban J connectivity index is 1.73. The molecule has 1 amide bonds. The van der Waals surface area contributed by atoms with Crippen LogP contribution in [0.1, 0.15) is 6.92 Å². The van der Waals surface area contributed by atoms with E-state index in [2.05, 4.69) is 5.32 Å². The summed E-state index contributed by atoms with van der Waals surface area (Å²) in [4.78, 5) is 23.5. The highest BCUT2D eigenvalue weighted by molar-refractivity contribution is 6.33. The minimum atomic E-state index is -0.853. The van der Waals surface area contributed by atoms with Gasteiger partial charge in [0.1, 0.15) is 17.1 Å². The summed E-state index contributed by atoms with van der Waals surface area (Å²) in [7, 11) is 0. The van der Waals surface area contributed by atoms with Crippen molar-refractivity contribution in [3.05, 3.63) is 69.8 Å². The predicted octanol–water partition coefficient (Wildman–Crippen LogP) is 3.99. The zero-order valence-corrected chi connectivity index (χ0v) is 13.8. The zero-order valence-electron chi connectivity index (χ0n) is 13.1. The highest BCUT2D eigenvalue weighted by atomic mass is 35.5. The number of hydrogen-bond donors (Lipinski definition) is 1. The number of ether oxygens (including phenoxy) is 1. The molecule has 0 bridgehead atoms. The molecule has 1 atom stereocenters. The van der Waals surface area contributed by atoms with Crippen molar-refractivity contribution in [2.45, 2.75) is 13.0 Å². The van der Waals surface area contributed by atoms with Crippen LogP contribution >= 0.6 is 11.6 Å². The fourth-order valence-electron chi connectivity index (χ4n) is 2.20. The van der Waals surface area contributed by atoms with E-state index in [4.69, 9.17) is 20.8 Å². The van der Waals surface area contributed by atoms with Crippen molar-refractivity contribution in [3.8, 4) is 5.75 Å². The molecule has 25 heavy (non-hydrogen) atoms. The Bertz CT molecular complexity index is 1000. The summed E-state index contributed by atoms with van der Waals surface area (Å²) in [6, 6.07) is 11.5. The van der Waals surface area contributed by atoms with Gasteiger partial charge in [0.05, 0.1) is 10.7 Å². The molecule has 0 saturated carbocycles. The third-order valence-electron chi connectivity index (χ3n) is 3.47. The van der Waals surface area contributed by atoms with Crippen LogP contribution in [-0.2, 0) is 4.79 Å². The zero-order chi connectivity index (χ0) is 18.0. The lowest BCUT2D eigenvalue weighted by molar-refractivity contribution is -0.122. The van der Waals surface area contributed by atoms with E-state index in [-0.39, 0.29) is 10.7 Å². The molecule has 1 N–H and O–H groups in total. The number of halogens is 2. The van der Waals surface area contributed by atoms with E-state index in [0.29, 0.717) is 11.3 Å². The van der Waals surface area contributed by atoms with Gasteiger partial charge in [0, 0.05) is 17.5 Å². The quantitative estimate of drug-likeness (QED) is 0.713. The van der Waals surface area contributed by atoms with E-state index in [9.17, 15) is 14.0 Å². The van der Waals surface area contributed by atoms with Crippen molar-refractivity contribution in [1.29, 1.82) is 0 Å². The van der Waals surface area contributed by atoms with Crippen LogP contribution in [0, 0.1) is 5.82 Å². The highest BCUT2D eigenvalue weighted by Gasteiger charge is 2.16. The monoisotopic (exact) mass is 361 g/mol. The lowest BCUT2D eigenvalue weighted by Gasteiger charge is -2.15. The molecule has 128 valence electrons. The molecule has 1 heterocycles. The van der Waals surface area contributed by atoms with E-state index >= 15 is 0 Å². The van der Waals surface area contributed by atoms with Gasteiger partial charge in [-0.2, -0.15) is 0 Å². The van der Waals surface area contributed by atoms with Crippen LogP contribution < -0.4 is 15.7 Å². The number of nitrogens with one attached hydrogen (secondary N) is 1. The number of rotatable bonds is 4. The van der Waals surface area contributed by atoms with Gasteiger partial charge in [-0.15, -0.1) is 0 Å². The Kier molecular flexibility index (Phi) is 4.72. The minimum absolute atomic E-state index is 0.0908. The van der Waals surface area contributed by atoms with Gasteiger partial charge < -0.3 is 14.5 Å². The molecule has 1 aromatic heterocycles. The lowest BCUT2D eigenvalue weighted by Crippen LogP contribution is -2.30.